The third-order valence-corrected chi connectivity index (χ3v) is 3.70. The molecule has 2 heterocycles. The first-order valence-electron chi connectivity index (χ1n) is 6.53. The molecular formula is C14H14F2N4O. The van der Waals surface area contributed by atoms with Crippen LogP contribution in [-0.4, -0.2) is 26.9 Å². The molecule has 1 aromatic heterocycles. The molecule has 1 aromatic carbocycles. The molecule has 2 aromatic rings. The molecule has 1 unspecified atom stereocenters. The van der Waals surface area contributed by atoms with E-state index >= 15 is 0 Å². The molecule has 0 aliphatic carbocycles. The van der Waals surface area contributed by atoms with E-state index in [9.17, 15) is 13.6 Å². The van der Waals surface area contributed by atoms with E-state index in [4.69, 9.17) is 5.73 Å². The summed E-state index contributed by atoms with van der Waals surface area (Å²) in [7, 11) is 0. The Hall–Kier alpha value is -2.44. The van der Waals surface area contributed by atoms with Gasteiger partial charge in [0.2, 0.25) is 5.91 Å². The topological polar surface area (TPSA) is 64.2 Å². The number of aromatic nitrogens is 2. The van der Waals surface area contributed by atoms with Crippen LogP contribution in [0.2, 0.25) is 0 Å². The van der Waals surface area contributed by atoms with E-state index in [1.165, 1.54) is 6.07 Å². The zero-order valence-electron chi connectivity index (χ0n) is 11.2. The Morgan fingerprint density at radius 1 is 1.38 bits per heavy atom. The molecule has 1 amide bonds. The van der Waals surface area contributed by atoms with Gasteiger partial charge in [-0.25, -0.2) is 13.8 Å². The Morgan fingerprint density at radius 3 is 2.90 bits per heavy atom. The number of hydrogen-bond acceptors (Lipinski definition) is 3. The van der Waals surface area contributed by atoms with Gasteiger partial charge in [-0.05, 0) is 11.6 Å². The molecule has 0 spiro atoms. The Labute approximate surface area is 120 Å². The lowest BCUT2D eigenvalue weighted by Gasteiger charge is -2.17. The molecule has 1 aliphatic rings. The minimum Gasteiger partial charge on any atom is -0.394 e. The van der Waals surface area contributed by atoms with Crippen molar-refractivity contribution < 1.29 is 13.6 Å². The summed E-state index contributed by atoms with van der Waals surface area (Å²) >= 11 is 0. The van der Waals surface area contributed by atoms with Crippen LogP contribution in [0.3, 0.4) is 0 Å². The summed E-state index contributed by atoms with van der Waals surface area (Å²) in [6.45, 7) is 0.743. The van der Waals surface area contributed by atoms with Crippen LogP contribution >= 0.6 is 0 Å². The van der Waals surface area contributed by atoms with Crippen molar-refractivity contribution >= 4 is 11.6 Å². The number of amides is 1. The highest BCUT2D eigenvalue weighted by molar-refractivity contribution is 5.79. The van der Waals surface area contributed by atoms with Crippen molar-refractivity contribution in [1.29, 1.82) is 0 Å². The Morgan fingerprint density at radius 2 is 2.19 bits per heavy atom. The number of nitrogens with zero attached hydrogens (tertiary/aromatic N) is 3. The third kappa shape index (κ3) is 2.46. The Kier molecular flexibility index (Phi) is 3.32. The summed E-state index contributed by atoms with van der Waals surface area (Å²) in [5.41, 5.74) is 5.16. The first kappa shape index (κ1) is 13.5. The molecule has 1 atom stereocenters. The second-order valence-electron chi connectivity index (χ2n) is 5.10. The number of nitrogen functional groups attached to an aromatic ring is 1. The Balaban J connectivity index is 1.80. The normalized spacial score (nSPS) is 18.5. The van der Waals surface area contributed by atoms with Gasteiger partial charge >= 0.3 is 0 Å². The third-order valence-electron chi connectivity index (χ3n) is 3.70. The fraction of sp³-hybridized carbons (Fsp3) is 0.286. The summed E-state index contributed by atoms with van der Waals surface area (Å²) in [4.78, 5) is 17.5. The van der Waals surface area contributed by atoms with E-state index in [2.05, 4.69) is 4.98 Å². The number of anilines is 1. The molecule has 3 rings (SSSR count). The van der Waals surface area contributed by atoms with Gasteiger partial charge in [0, 0.05) is 31.3 Å². The standard InChI is InChI=1S/C14H14F2N4O/c15-11-2-1-10(13(16)14(11)17)9-5-12(21)20(6-9)8-19-4-3-18-7-19/h1-4,7,9H,5-6,8,17H2. The van der Waals surface area contributed by atoms with Crippen molar-refractivity contribution in [1.82, 2.24) is 14.5 Å². The average Bonchev–Trinajstić information content (AvgIpc) is 3.08. The second kappa shape index (κ2) is 5.16. The van der Waals surface area contributed by atoms with Crippen molar-refractivity contribution in [2.45, 2.75) is 19.0 Å². The highest BCUT2D eigenvalue weighted by Gasteiger charge is 2.32. The maximum atomic E-state index is 14.0. The van der Waals surface area contributed by atoms with Crippen LogP contribution in [0.25, 0.3) is 0 Å². The van der Waals surface area contributed by atoms with Crippen LogP contribution in [0.15, 0.2) is 30.9 Å². The Bertz CT molecular complexity index is 672. The SMILES string of the molecule is Nc1c(F)ccc(C2CC(=O)N(Cn3ccnc3)C2)c1F. The van der Waals surface area contributed by atoms with Crippen LogP contribution in [-0.2, 0) is 11.5 Å². The zero-order chi connectivity index (χ0) is 15.0. The van der Waals surface area contributed by atoms with E-state index in [1.807, 2.05) is 0 Å². The molecule has 21 heavy (non-hydrogen) atoms. The molecule has 110 valence electrons. The number of imidazole rings is 1. The van der Waals surface area contributed by atoms with Crippen LogP contribution in [0, 0.1) is 11.6 Å². The maximum Gasteiger partial charge on any atom is 0.224 e. The molecule has 7 heteroatoms. The van der Waals surface area contributed by atoms with Crippen molar-refractivity contribution in [3.8, 4) is 0 Å². The summed E-state index contributed by atoms with van der Waals surface area (Å²) in [6, 6.07) is 2.50. The van der Waals surface area contributed by atoms with Gasteiger partial charge in [0.05, 0.1) is 13.0 Å². The lowest BCUT2D eigenvalue weighted by molar-refractivity contribution is -0.129. The number of carbonyl (C=O) groups is 1. The van der Waals surface area contributed by atoms with Crippen LogP contribution in [0.4, 0.5) is 14.5 Å². The van der Waals surface area contributed by atoms with E-state index in [-0.39, 0.29) is 23.8 Å². The molecule has 0 saturated carbocycles. The first-order chi connectivity index (χ1) is 10.1. The fourth-order valence-corrected chi connectivity index (χ4v) is 2.59. The molecular weight excluding hydrogens is 278 g/mol. The highest BCUT2D eigenvalue weighted by atomic mass is 19.1. The minimum atomic E-state index is -0.782. The predicted octanol–water partition coefficient (Wildman–Crippen LogP) is 1.72. The van der Waals surface area contributed by atoms with Gasteiger partial charge in [-0.1, -0.05) is 6.07 Å². The fourth-order valence-electron chi connectivity index (χ4n) is 2.59. The van der Waals surface area contributed by atoms with Crippen molar-refractivity contribution in [3.05, 3.63) is 48.1 Å². The number of hydrogen-bond donors (Lipinski definition) is 1. The molecule has 1 saturated heterocycles. The lowest BCUT2D eigenvalue weighted by Crippen LogP contribution is -2.27. The monoisotopic (exact) mass is 292 g/mol. The summed E-state index contributed by atoms with van der Waals surface area (Å²) < 4.78 is 29.0. The predicted molar refractivity (Wildman–Crippen MR) is 72.1 cm³/mol. The van der Waals surface area contributed by atoms with Crippen LogP contribution < -0.4 is 5.73 Å². The van der Waals surface area contributed by atoms with Gasteiger partial charge in [0.1, 0.15) is 11.5 Å². The van der Waals surface area contributed by atoms with E-state index in [0.717, 1.165) is 6.07 Å². The smallest absolute Gasteiger partial charge is 0.224 e. The summed E-state index contributed by atoms with van der Waals surface area (Å²) in [6.07, 6.45) is 5.17. The second-order valence-corrected chi connectivity index (χ2v) is 5.10. The first-order valence-corrected chi connectivity index (χ1v) is 6.53. The van der Waals surface area contributed by atoms with Gasteiger partial charge in [0.25, 0.3) is 0 Å². The van der Waals surface area contributed by atoms with Crippen LogP contribution in [0.1, 0.15) is 17.9 Å². The van der Waals surface area contributed by atoms with Gasteiger partial charge < -0.3 is 15.2 Å². The number of nitrogens with two attached hydrogens (primary N) is 1. The van der Waals surface area contributed by atoms with E-state index in [1.54, 1.807) is 28.2 Å². The maximum absolute atomic E-state index is 14.0. The number of benzene rings is 1. The van der Waals surface area contributed by atoms with Crippen molar-refractivity contribution in [3.63, 3.8) is 0 Å². The number of carbonyl (C=O) groups excluding carboxylic acids is 1. The number of likely N-dealkylation sites (tertiary alicyclic amines) is 1. The molecule has 2 N–H and O–H groups in total. The van der Waals surface area contributed by atoms with Crippen molar-refractivity contribution in [2.24, 2.45) is 0 Å². The van der Waals surface area contributed by atoms with E-state index in [0.29, 0.717) is 13.2 Å². The van der Waals surface area contributed by atoms with Crippen LogP contribution in [0.5, 0.6) is 0 Å². The summed E-state index contributed by atoms with van der Waals surface area (Å²) in [5, 5.41) is 0. The number of rotatable bonds is 3. The molecule has 1 aliphatic heterocycles. The largest absolute Gasteiger partial charge is 0.394 e. The molecule has 0 bridgehead atoms. The molecule has 0 radical (unpaired) electrons. The van der Waals surface area contributed by atoms with Crippen molar-refractivity contribution in [2.75, 3.05) is 12.3 Å². The quantitative estimate of drug-likeness (QED) is 0.876. The minimum absolute atomic E-state index is 0.0732. The van der Waals surface area contributed by atoms with Gasteiger partial charge in [-0.2, -0.15) is 0 Å². The average molecular weight is 292 g/mol. The molecule has 5 nitrogen and oxygen atoms in total. The number of halogens is 2. The summed E-state index contributed by atoms with van der Waals surface area (Å²) in [5.74, 6) is -1.94. The zero-order valence-corrected chi connectivity index (χ0v) is 11.2. The molecule has 1 fully saturated rings. The van der Waals surface area contributed by atoms with Gasteiger partial charge in [-0.15, -0.1) is 0 Å². The van der Waals surface area contributed by atoms with E-state index < -0.39 is 17.3 Å². The highest BCUT2D eigenvalue weighted by Crippen LogP contribution is 2.32. The van der Waals surface area contributed by atoms with Gasteiger partial charge in [-0.3, -0.25) is 4.79 Å². The lowest BCUT2D eigenvalue weighted by atomic mass is 9.97. The van der Waals surface area contributed by atoms with Gasteiger partial charge in [0.15, 0.2) is 5.82 Å².